The third kappa shape index (κ3) is 12.4. The van der Waals surface area contributed by atoms with Crippen molar-refractivity contribution in [3.05, 3.63) is 44.8 Å². The zero-order valence-electron chi connectivity index (χ0n) is 26.4. The molecule has 5 atom stereocenters. The quantitative estimate of drug-likeness (QED) is 0.117. The van der Waals surface area contributed by atoms with Crippen LogP contribution in [0.2, 0.25) is 0 Å². The highest BCUT2D eigenvalue weighted by molar-refractivity contribution is 5.76. The lowest BCUT2D eigenvalue weighted by atomic mass is 10.1. The predicted molar refractivity (Wildman–Crippen MR) is 163 cm³/mol. The summed E-state index contributed by atoms with van der Waals surface area (Å²) < 4.78 is 33.0. The van der Waals surface area contributed by atoms with Crippen molar-refractivity contribution in [1.29, 1.82) is 0 Å². The number of aromatic nitrogens is 2. The van der Waals surface area contributed by atoms with Crippen LogP contribution in [0.4, 0.5) is 4.39 Å². The molecule has 11 heteroatoms. The van der Waals surface area contributed by atoms with Crippen LogP contribution in [0.1, 0.15) is 116 Å². The van der Waals surface area contributed by atoms with Crippen LogP contribution < -0.4 is 17.0 Å². The maximum atomic E-state index is 15.6. The monoisotopic (exact) mass is 609 g/mol. The number of unbranched alkanes of at least 4 members (excludes halogenated alkanes) is 10. The Morgan fingerprint density at radius 1 is 1.05 bits per heavy atom. The van der Waals surface area contributed by atoms with E-state index in [0.717, 1.165) is 43.1 Å². The third-order valence-corrected chi connectivity index (χ3v) is 7.73. The number of hydrogen-bond donors (Lipinski definition) is 2. The molecule has 3 N–H and O–H groups in total. The number of carbonyl (C=O) groups excluding carboxylic acids is 2. The number of rotatable bonds is 20. The standard InChI is InChI=1S/C32H52FN3O7/c1-5-6-7-8-9-10-11-12-13-14-15-16-17-18-19-25(37)41-21-24-28(43-31(39)27(34)22(2)3)26(33)30(42-24)36-20-23(4)29(38)35-32(36)40/h11-12,20,22,24,26-28,30H,5-10,13-19,21,34H2,1-4H3,(H,35,38,40)/b12-11+/t24-,26+,27-,28-,30-/m0/s1. The molecule has 0 unspecified atom stereocenters. The zero-order chi connectivity index (χ0) is 31.8. The van der Waals surface area contributed by atoms with Gasteiger partial charge < -0.3 is 19.9 Å². The minimum atomic E-state index is -1.98. The molecule has 43 heavy (non-hydrogen) atoms. The lowest BCUT2D eigenvalue weighted by molar-refractivity contribution is -0.161. The van der Waals surface area contributed by atoms with Crippen LogP contribution in [0, 0.1) is 12.8 Å². The van der Waals surface area contributed by atoms with Crippen LogP contribution >= 0.6 is 0 Å². The van der Waals surface area contributed by atoms with Gasteiger partial charge in [-0.15, -0.1) is 0 Å². The van der Waals surface area contributed by atoms with E-state index in [1.165, 1.54) is 45.2 Å². The first kappa shape index (κ1) is 36.4. The normalized spacial score (nSPS) is 21.0. The summed E-state index contributed by atoms with van der Waals surface area (Å²) in [5.41, 5.74) is 4.57. The number of alkyl halides is 1. The van der Waals surface area contributed by atoms with Crippen LogP contribution in [0.5, 0.6) is 0 Å². The fraction of sp³-hybridized carbons (Fsp3) is 0.750. The number of esters is 2. The van der Waals surface area contributed by atoms with E-state index in [4.69, 9.17) is 19.9 Å². The predicted octanol–water partition coefficient (Wildman–Crippen LogP) is 5.17. The van der Waals surface area contributed by atoms with Crippen molar-refractivity contribution in [2.24, 2.45) is 11.7 Å². The van der Waals surface area contributed by atoms with Gasteiger partial charge in [0.1, 0.15) is 18.8 Å². The number of halogens is 1. The van der Waals surface area contributed by atoms with E-state index >= 15 is 4.39 Å². The number of H-pyrrole nitrogens is 1. The van der Waals surface area contributed by atoms with Gasteiger partial charge in [0.2, 0.25) is 0 Å². The minimum Gasteiger partial charge on any atom is -0.463 e. The van der Waals surface area contributed by atoms with E-state index in [2.05, 4.69) is 24.1 Å². The molecule has 0 saturated carbocycles. The van der Waals surface area contributed by atoms with Crippen molar-refractivity contribution in [2.75, 3.05) is 6.61 Å². The highest BCUT2D eigenvalue weighted by Gasteiger charge is 2.50. The summed E-state index contributed by atoms with van der Waals surface area (Å²) in [6.45, 7) is 6.77. The van der Waals surface area contributed by atoms with Gasteiger partial charge in [0.15, 0.2) is 18.5 Å². The van der Waals surface area contributed by atoms with Gasteiger partial charge in [-0.2, -0.15) is 0 Å². The third-order valence-electron chi connectivity index (χ3n) is 7.73. The summed E-state index contributed by atoms with van der Waals surface area (Å²) in [4.78, 5) is 51.2. The van der Waals surface area contributed by atoms with Gasteiger partial charge >= 0.3 is 17.6 Å². The molecule has 10 nitrogen and oxygen atoms in total. The summed E-state index contributed by atoms with van der Waals surface area (Å²) in [6, 6.07) is -0.996. The Kier molecular flexibility index (Phi) is 16.5. The van der Waals surface area contributed by atoms with E-state index in [1.807, 2.05) is 0 Å². The number of aryl methyl sites for hydroxylation is 1. The van der Waals surface area contributed by atoms with Crippen LogP contribution in [0.25, 0.3) is 0 Å². The molecule has 244 valence electrons. The molecule has 0 radical (unpaired) electrons. The number of nitrogens with two attached hydrogens (primary N) is 1. The summed E-state index contributed by atoms with van der Waals surface area (Å²) in [5.74, 6) is -1.55. The maximum absolute atomic E-state index is 15.6. The summed E-state index contributed by atoms with van der Waals surface area (Å²) in [5, 5.41) is 0. The van der Waals surface area contributed by atoms with E-state index in [0.29, 0.717) is 6.42 Å². The summed E-state index contributed by atoms with van der Waals surface area (Å²) in [7, 11) is 0. The molecule has 1 aromatic rings. The first-order chi connectivity index (χ1) is 20.6. The molecule has 1 aliphatic heterocycles. The van der Waals surface area contributed by atoms with E-state index in [1.54, 1.807) is 13.8 Å². The van der Waals surface area contributed by atoms with Gasteiger partial charge in [-0.05, 0) is 44.9 Å². The van der Waals surface area contributed by atoms with Crippen molar-refractivity contribution >= 4 is 11.9 Å². The molecule has 1 fully saturated rings. The van der Waals surface area contributed by atoms with Crippen molar-refractivity contribution in [2.45, 2.75) is 142 Å². The molecule has 1 saturated heterocycles. The first-order valence-electron chi connectivity index (χ1n) is 15.9. The molecular formula is C32H52FN3O7. The Balaban J connectivity index is 1.80. The Bertz CT molecular complexity index is 1130. The van der Waals surface area contributed by atoms with Crippen LogP contribution in [-0.4, -0.2) is 52.5 Å². The number of aromatic amines is 1. The topological polar surface area (TPSA) is 143 Å². The molecule has 0 spiro atoms. The fourth-order valence-electron chi connectivity index (χ4n) is 4.86. The van der Waals surface area contributed by atoms with Gasteiger partial charge in [0.05, 0.1) is 0 Å². The maximum Gasteiger partial charge on any atom is 0.330 e. The Labute approximate surface area is 254 Å². The van der Waals surface area contributed by atoms with Crippen LogP contribution in [0.15, 0.2) is 27.9 Å². The Morgan fingerprint density at radius 3 is 2.28 bits per heavy atom. The van der Waals surface area contributed by atoms with Gasteiger partial charge in [-0.1, -0.05) is 77.9 Å². The van der Waals surface area contributed by atoms with Crippen molar-refractivity contribution < 1.29 is 28.2 Å². The zero-order valence-corrected chi connectivity index (χ0v) is 26.4. The van der Waals surface area contributed by atoms with Crippen molar-refractivity contribution in [1.82, 2.24) is 9.55 Å². The van der Waals surface area contributed by atoms with Gasteiger partial charge in [0, 0.05) is 18.2 Å². The number of allylic oxidation sites excluding steroid dienone is 2. The number of carbonyl (C=O) groups is 2. The lowest BCUT2D eigenvalue weighted by Gasteiger charge is -2.22. The molecular weight excluding hydrogens is 557 g/mol. The largest absolute Gasteiger partial charge is 0.463 e. The van der Waals surface area contributed by atoms with Gasteiger partial charge in [-0.3, -0.25) is 23.9 Å². The molecule has 0 aliphatic carbocycles. The van der Waals surface area contributed by atoms with Gasteiger partial charge in [-0.25, -0.2) is 9.18 Å². The molecule has 1 aromatic heterocycles. The molecule has 1 aliphatic rings. The highest BCUT2D eigenvalue weighted by Crippen LogP contribution is 2.34. The average Bonchev–Trinajstić information content (AvgIpc) is 3.27. The second-order valence-electron chi connectivity index (χ2n) is 11.8. The minimum absolute atomic E-state index is 0.172. The highest BCUT2D eigenvalue weighted by atomic mass is 19.1. The molecule has 0 bridgehead atoms. The van der Waals surface area contributed by atoms with E-state index in [9.17, 15) is 19.2 Å². The molecule has 2 heterocycles. The second kappa shape index (κ2) is 19.5. The van der Waals surface area contributed by atoms with Crippen molar-refractivity contribution in [3.63, 3.8) is 0 Å². The SMILES string of the molecule is CCCCCCC/C=C/CCCCCCCC(=O)OC[C@@H]1O[C@H](n2cc(C)c(=O)[nH]c2=O)[C@H](F)[C@H]1OC(=O)[C@@H](N)C(C)C. The van der Waals surface area contributed by atoms with Crippen LogP contribution in [-0.2, 0) is 23.8 Å². The average molecular weight is 610 g/mol. The van der Waals surface area contributed by atoms with Crippen molar-refractivity contribution in [3.8, 4) is 0 Å². The molecule has 0 aromatic carbocycles. The van der Waals surface area contributed by atoms with E-state index < -0.39 is 53.8 Å². The smallest absolute Gasteiger partial charge is 0.330 e. The van der Waals surface area contributed by atoms with Gasteiger partial charge in [0.25, 0.3) is 5.56 Å². The summed E-state index contributed by atoms with van der Waals surface area (Å²) in [6.07, 6.45) is 13.4. The number of hydrogen-bond acceptors (Lipinski definition) is 8. The molecule has 0 amide bonds. The second-order valence-corrected chi connectivity index (χ2v) is 11.8. The van der Waals surface area contributed by atoms with Crippen LogP contribution in [0.3, 0.4) is 0 Å². The molecule has 2 rings (SSSR count). The Morgan fingerprint density at radius 2 is 1.65 bits per heavy atom. The number of nitrogens with one attached hydrogen (secondary N) is 1. The fourth-order valence-corrected chi connectivity index (χ4v) is 4.86. The number of nitrogens with zero attached hydrogens (tertiary/aromatic N) is 1. The Hall–Kier alpha value is -2.79. The lowest BCUT2D eigenvalue weighted by Crippen LogP contribution is -2.44. The van der Waals surface area contributed by atoms with E-state index in [-0.39, 0.29) is 24.5 Å². The summed E-state index contributed by atoms with van der Waals surface area (Å²) >= 11 is 0. The number of ether oxygens (including phenoxy) is 3. The first-order valence-corrected chi connectivity index (χ1v) is 15.9.